The Morgan fingerprint density at radius 2 is 1.94 bits per heavy atom. The molecule has 176 valence electrons. The highest BCUT2D eigenvalue weighted by Crippen LogP contribution is 2.37. The third-order valence-electron chi connectivity index (χ3n) is 7.16. The summed E-state index contributed by atoms with van der Waals surface area (Å²) >= 11 is 0. The van der Waals surface area contributed by atoms with Gasteiger partial charge < -0.3 is 19.5 Å². The van der Waals surface area contributed by atoms with E-state index in [4.69, 9.17) is 14.7 Å². The van der Waals surface area contributed by atoms with Gasteiger partial charge in [0, 0.05) is 30.5 Å². The lowest BCUT2D eigenvalue weighted by Crippen LogP contribution is -2.30. The molecule has 1 aromatic carbocycles. The average molecular weight is 466 g/mol. The summed E-state index contributed by atoms with van der Waals surface area (Å²) in [5, 5.41) is 10.0. The van der Waals surface area contributed by atoms with Gasteiger partial charge in [-0.15, -0.1) is 0 Å². The van der Waals surface area contributed by atoms with E-state index >= 15 is 0 Å². The van der Waals surface area contributed by atoms with Gasteiger partial charge in [0.2, 0.25) is 0 Å². The minimum atomic E-state index is 0.775. The van der Waals surface area contributed by atoms with Crippen molar-refractivity contribution in [3.63, 3.8) is 0 Å². The largest absolute Gasteiger partial charge is 0.497 e. The van der Waals surface area contributed by atoms with Crippen LogP contribution in [0.5, 0.6) is 5.75 Å². The number of imidazole rings is 1. The van der Waals surface area contributed by atoms with Crippen molar-refractivity contribution < 1.29 is 4.74 Å². The van der Waals surface area contributed by atoms with Crippen LogP contribution in [0.25, 0.3) is 40.0 Å². The lowest BCUT2D eigenvalue weighted by atomic mass is 10.1. The first-order valence-electron chi connectivity index (χ1n) is 12.2. The highest BCUT2D eigenvalue weighted by Gasteiger charge is 2.34. The molecule has 0 saturated carbocycles. The van der Waals surface area contributed by atoms with Crippen molar-refractivity contribution in [3.05, 3.63) is 58.2 Å². The van der Waals surface area contributed by atoms with Crippen LogP contribution in [0.1, 0.15) is 30.4 Å². The number of rotatable bonds is 4. The molecule has 0 radical (unpaired) electrons. The van der Waals surface area contributed by atoms with E-state index in [0.29, 0.717) is 0 Å². The molecule has 0 atom stereocenters. The van der Waals surface area contributed by atoms with Crippen molar-refractivity contribution in [2.24, 2.45) is 0 Å². The zero-order chi connectivity index (χ0) is 23.5. The lowest BCUT2D eigenvalue weighted by Gasteiger charge is -2.27. The van der Waals surface area contributed by atoms with E-state index in [2.05, 4.69) is 62.3 Å². The maximum Gasteiger partial charge on any atom is 0.159 e. The molecule has 2 N–H and O–H groups in total. The number of allylic oxidation sites excluding steroid dienone is 1. The Bertz CT molecular complexity index is 1620. The van der Waals surface area contributed by atoms with E-state index in [1.165, 1.54) is 36.2 Å². The summed E-state index contributed by atoms with van der Waals surface area (Å²) < 4.78 is 5.51. The number of methoxy groups -OCH3 is 1. The van der Waals surface area contributed by atoms with Crippen molar-refractivity contribution >= 4 is 34.3 Å². The van der Waals surface area contributed by atoms with Gasteiger partial charge >= 0.3 is 0 Å². The number of nitrogens with zero attached hydrogens (tertiary/aromatic N) is 5. The van der Waals surface area contributed by atoms with Crippen LogP contribution in [0.2, 0.25) is 0 Å². The number of nitrogens with one attached hydrogen (secondary N) is 2. The first-order chi connectivity index (χ1) is 17.2. The molecule has 2 saturated heterocycles. The summed E-state index contributed by atoms with van der Waals surface area (Å²) in [5.41, 5.74) is 7.50. The molecule has 3 aliphatic rings. The van der Waals surface area contributed by atoms with E-state index in [9.17, 15) is 0 Å². The predicted octanol–water partition coefficient (Wildman–Crippen LogP) is 2.91. The van der Waals surface area contributed by atoms with E-state index in [-0.39, 0.29) is 0 Å². The molecule has 8 nitrogen and oxygen atoms in total. The van der Waals surface area contributed by atoms with Crippen LogP contribution in [0.15, 0.2) is 36.5 Å². The molecular weight excluding hydrogens is 438 g/mol. The summed E-state index contributed by atoms with van der Waals surface area (Å²) in [6, 6.07) is 8.34. The number of aryl methyl sites for hydroxylation is 1. The molecule has 3 aromatic heterocycles. The summed E-state index contributed by atoms with van der Waals surface area (Å²) in [6.07, 6.45) is 9.83. The zero-order valence-corrected chi connectivity index (χ0v) is 19.9. The van der Waals surface area contributed by atoms with Crippen LogP contribution < -0.4 is 20.2 Å². The molecule has 6 heterocycles. The summed E-state index contributed by atoms with van der Waals surface area (Å²) in [6.45, 7) is 5.04. The Morgan fingerprint density at radius 1 is 1.06 bits per heavy atom. The number of piperidine rings is 1. The maximum atomic E-state index is 5.51. The van der Waals surface area contributed by atoms with Gasteiger partial charge in [0.1, 0.15) is 17.0 Å². The van der Waals surface area contributed by atoms with E-state index < -0.39 is 0 Å². The predicted molar refractivity (Wildman–Crippen MR) is 137 cm³/mol. The quantitative estimate of drug-likeness (QED) is 0.451. The van der Waals surface area contributed by atoms with Crippen LogP contribution >= 0.6 is 0 Å². The Labute approximate surface area is 202 Å². The minimum Gasteiger partial charge on any atom is -0.497 e. The third kappa shape index (κ3) is 3.31. The number of hydrogen-bond donors (Lipinski definition) is 2. The van der Waals surface area contributed by atoms with Gasteiger partial charge in [0.25, 0.3) is 0 Å². The number of anilines is 1. The van der Waals surface area contributed by atoms with Crippen LogP contribution in [-0.2, 0) is 0 Å². The molecule has 35 heavy (non-hydrogen) atoms. The molecule has 0 amide bonds. The van der Waals surface area contributed by atoms with Crippen molar-refractivity contribution in [3.8, 4) is 17.3 Å². The number of ether oxygens (including phenoxy) is 1. The second-order valence-electron chi connectivity index (χ2n) is 9.52. The molecule has 0 spiro atoms. The Hall–Kier alpha value is -4.07. The van der Waals surface area contributed by atoms with Gasteiger partial charge in [-0.25, -0.2) is 9.97 Å². The number of pyridine rings is 1. The fraction of sp³-hybridized carbons (Fsp3) is 0.296. The number of aromatic amines is 2. The first kappa shape index (κ1) is 20.3. The van der Waals surface area contributed by atoms with Gasteiger partial charge in [-0.1, -0.05) is 0 Å². The fourth-order valence-electron chi connectivity index (χ4n) is 5.39. The van der Waals surface area contributed by atoms with Gasteiger partial charge in [0.05, 0.1) is 35.4 Å². The standard InChI is InChI=1S/C27H27N7O/c1-16-12-17(14-18(13-16)35-2)21-7-6-19-23(22-15-34(21)22)25(32-31-19)26-29-20-8-9-28-27(24(20)30-26)33-10-4-3-5-11-33/h6-9,12-14,31H,3-5,10-11,15H2,1-2H3,(H,29,30). The molecule has 0 bridgehead atoms. The number of H-pyrrole nitrogens is 2. The normalized spacial score (nSPS) is 17.0. The van der Waals surface area contributed by atoms with Gasteiger partial charge in [-0.3, -0.25) is 5.10 Å². The SMILES string of the molecule is COc1cc(C)cc(C2=CC=c3[nH]nc(-c4nc5c(N6CCCCC6)nccc5[nH]4)c3=C3CN23)c1. The summed E-state index contributed by atoms with van der Waals surface area (Å²) in [4.78, 5) is 17.9. The van der Waals surface area contributed by atoms with Crippen LogP contribution in [-0.4, -0.2) is 56.8 Å². The van der Waals surface area contributed by atoms with Crippen molar-refractivity contribution in [1.82, 2.24) is 30.0 Å². The smallest absolute Gasteiger partial charge is 0.159 e. The number of aromatic nitrogens is 5. The molecule has 2 fully saturated rings. The van der Waals surface area contributed by atoms with Gasteiger partial charge in [0.15, 0.2) is 11.6 Å². The monoisotopic (exact) mass is 465 g/mol. The van der Waals surface area contributed by atoms with E-state index in [1.54, 1.807) is 7.11 Å². The van der Waals surface area contributed by atoms with E-state index in [1.807, 2.05) is 12.3 Å². The summed E-state index contributed by atoms with van der Waals surface area (Å²) in [7, 11) is 1.71. The molecule has 3 aliphatic heterocycles. The third-order valence-corrected chi connectivity index (χ3v) is 7.16. The molecule has 8 heteroatoms. The van der Waals surface area contributed by atoms with E-state index in [0.717, 1.165) is 69.9 Å². The molecule has 0 aliphatic carbocycles. The second kappa shape index (κ2) is 7.73. The summed E-state index contributed by atoms with van der Waals surface area (Å²) in [5.74, 6) is 2.61. The Kier molecular flexibility index (Phi) is 4.49. The Morgan fingerprint density at radius 3 is 2.80 bits per heavy atom. The molecule has 4 aromatic rings. The molecule has 0 unspecified atom stereocenters. The zero-order valence-electron chi connectivity index (χ0n) is 19.9. The van der Waals surface area contributed by atoms with Crippen molar-refractivity contribution in [2.45, 2.75) is 26.2 Å². The van der Waals surface area contributed by atoms with Gasteiger partial charge in [-0.2, -0.15) is 5.10 Å². The average Bonchev–Trinajstić information content (AvgIpc) is 3.38. The molecular formula is C27H27N7O. The number of fused-ring (bicyclic) bond motifs is 3. The van der Waals surface area contributed by atoms with Crippen molar-refractivity contribution in [2.75, 3.05) is 31.6 Å². The lowest BCUT2D eigenvalue weighted by molar-refractivity contribution is 0.414. The topological polar surface area (TPSA) is 85.7 Å². The first-order valence-corrected chi connectivity index (χ1v) is 12.2. The highest BCUT2D eigenvalue weighted by molar-refractivity contribution is 5.90. The molecule has 7 rings (SSSR count). The number of hydrogen-bond acceptors (Lipinski definition) is 6. The van der Waals surface area contributed by atoms with Crippen LogP contribution in [0, 0.1) is 6.92 Å². The maximum absolute atomic E-state index is 5.51. The van der Waals surface area contributed by atoms with Crippen LogP contribution in [0.3, 0.4) is 0 Å². The fourth-order valence-corrected chi connectivity index (χ4v) is 5.39. The number of benzene rings is 1. The van der Waals surface area contributed by atoms with Crippen LogP contribution in [0.4, 0.5) is 5.82 Å². The minimum absolute atomic E-state index is 0.775. The van der Waals surface area contributed by atoms with Crippen molar-refractivity contribution in [1.29, 1.82) is 0 Å². The highest BCUT2D eigenvalue weighted by atomic mass is 16.5. The Balaban J connectivity index is 1.31. The van der Waals surface area contributed by atoms with Gasteiger partial charge in [-0.05, 0) is 68.2 Å². The second-order valence-corrected chi connectivity index (χ2v) is 9.52.